The molecule has 20 aromatic carbocycles. The fourth-order valence-corrected chi connectivity index (χ4v) is 20.7. The SMILES string of the molecule is c1ccc(-c2ccc(-c3cccc(-c4ccnc(-n5c6ccccc6c6cc(-n7c8ccccc8c8ccccc87)ccc65)n4)c3)cc2)cc1.c1ccc(-c2ccc(-c3cccc(-c4ccnc(-n5c6ccccc6c6ccccc65)n4)c3)cc2)cc1.c1ccc(-c2nc(-c3ccccc3)nc(-c3cccc(-n4c5ccccc5c5cc(-c6ccc7c8ccccc8n(-c8ccccc8)c7c6)ccc54)c3)n2)cc1. The van der Waals surface area contributed by atoms with Crippen molar-refractivity contribution in [3.05, 3.63) is 522 Å². The van der Waals surface area contributed by atoms with E-state index in [0.29, 0.717) is 29.4 Å². The molecule has 0 N–H and O–H groups in total. The Kier molecular flexibility index (Phi) is 21.3. The molecular formula is C131H86N12. The molecular weight excluding hydrogens is 1740 g/mol. The maximum atomic E-state index is 5.18. The molecule has 0 aliphatic carbocycles. The second kappa shape index (κ2) is 36.2. The number of nitrogens with zero attached hydrogens (tertiary/aromatic N) is 12. The van der Waals surface area contributed by atoms with Gasteiger partial charge in [0.25, 0.3) is 0 Å². The predicted molar refractivity (Wildman–Crippen MR) is 590 cm³/mol. The van der Waals surface area contributed by atoms with Crippen molar-refractivity contribution in [3.63, 3.8) is 0 Å². The second-order valence-corrected chi connectivity index (χ2v) is 35.9. The maximum Gasteiger partial charge on any atom is 0.235 e. The molecule has 8 aromatic heterocycles. The first-order chi connectivity index (χ1) is 70.9. The van der Waals surface area contributed by atoms with Gasteiger partial charge in [-0.05, 0) is 183 Å². The minimum Gasteiger partial charge on any atom is -0.309 e. The standard InChI is InChI=1S/C51H33N5.C46H30N4.C34H23N3/c1-4-15-34(16-5-1)49-52-50(35-17-6-2-7-18-35)54-51(53-49)38-19-14-22-40(31-38)56-46-26-13-11-24-42(46)44-32-36(28-30-47(44)56)37-27-29-43-41-23-10-12-25-45(41)55(48(43)33-37)39-20-8-3-9-21-39;1-2-11-31(12-3-1)32-21-23-33(24-22-32)34-13-10-14-35(29-34)41-27-28-47-46(48-41)50-44-20-9-6-17-39(44)40-30-36(25-26-45(40)50)49-42-18-7-4-15-37(42)38-16-5-8-19-43(38)49;1-2-9-24(10-3-1)25-17-19-26(20-18-25)27-11-8-12-28(23-27)31-21-22-35-34(36-31)37-32-15-6-4-13-29(32)30-14-5-7-16-33(30)37/h1-33H;1-30H;1-23H. The molecule has 0 unspecified atom stereocenters. The van der Waals surface area contributed by atoms with Crippen LogP contribution >= 0.6 is 0 Å². The van der Waals surface area contributed by atoms with Gasteiger partial charge in [-0.3, -0.25) is 9.13 Å². The first kappa shape index (κ1) is 84.1. The van der Waals surface area contributed by atoms with E-state index in [1.165, 1.54) is 115 Å². The van der Waals surface area contributed by atoms with E-state index in [9.17, 15) is 0 Å². The molecule has 0 aliphatic rings. The van der Waals surface area contributed by atoms with E-state index in [0.717, 1.165) is 106 Å². The van der Waals surface area contributed by atoms with Crippen molar-refractivity contribution in [2.75, 3.05) is 0 Å². The van der Waals surface area contributed by atoms with E-state index < -0.39 is 0 Å². The molecule has 0 fully saturated rings. The summed E-state index contributed by atoms with van der Waals surface area (Å²) in [6.07, 6.45) is 3.72. The van der Waals surface area contributed by atoms with Gasteiger partial charge in [0.05, 0.1) is 66.6 Å². The van der Waals surface area contributed by atoms with Gasteiger partial charge in [0.15, 0.2) is 17.5 Å². The lowest BCUT2D eigenvalue weighted by atomic mass is 9.98. The van der Waals surface area contributed by atoms with Crippen LogP contribution < -0.4 is 0 Å². The van der Waals surface area contributed by atoms with E-state index in [-0.39, 0.29) is 0 Å². The van der Waals surface area contributed by atoms with E-state index in [2.05, 4.69) is 452 Å². The van der Waals surface area contributed by atoms with Gasteiger partial charge in [-0.1, -0.05) is 382 Å². The molecule has 0 radical (unpaired) electrons. The van der Waals surface area contributed by atoms with E-state index in [4.69, 9.17) is 29.9 Å². The smallest absolute Gasteiger partial charge is 0.235 e. The highest BCUT2D eigenvalue weighted by Gasteiger charge is 2.24. The Hall–Kier alpha value is -19.4. The summed E-state index contributed by atoms with van der Waals surface area (Å²) in [6.45, 7) is 0. The molecule has 0 saturated heterocycles. The molecule has 0 amide bonds. The zero-order chi connectivity index (χ0) is 94.6. The Morgan fingerprint density at radius 1 is 0.126 bits per heavy atom. The lowest BCUT2D eigenvalue weighted by Crippen LogP contribution is -2.02. The number of para-hydroxylation sites is 8. The highest BCUT2D eigenvalue weighted by Crippen LogP contribution is 2.44. The number of aromatic nitrogens is 12. The highest BCUT2D eigenvalue weighted by atomic mass is 15.2. The van der Waals surface area contributed by atoms with E-state index >= 15 is 0 Å². The molecule has 0 bridgehead atoms. The van der Waals surface area contributed by atoms with Gasteiger partial charge >= 0.3 is 0 Å². The first-order valence-corrected chi connectivity index (χ1v) is 48.2. The van der Waals surface area contributed by atoms with Crippen molar-refractivity contribution in [2.24, 2.45) is 0 Å². The summed E-state index contributed by atoms with van der Waals surface area (Å²) in [4.78, 5) is 34.7. The summed E-state index contributed by atoms with van der Waals surface area (Å²) in [5.41, 5.74) is 33.3. The Morgan fingerprint density at radius 3 is 0.818 bits per heavy atom. The molecule has 0 spiro atoms. The summed E-state index contributed by atoms with van der Waals surface area (Å²) >= 11 is 0. The summed E-state index contributed by atoms with van der Waals surface area (Å²) in [5, 5.41) is 12.1. The Labute approximate surface area is 824 Å². The van der Waals surface area contributed by atoms with E-state index in [1.54, 1.807) is 0 Å². The normalized spacial score (nSPS) is 11.5. The number of benzene rings is 20. The third kappa shape index (κ3) is 15.5. The summed E-state index contributed by atoms with van der Waals surface area (Å²) in [7, 11) is 0. The van der Waals surface area contributed by atoms with Crippen molar-refractivity contribution < 1.29 is 0 Å². The highest BCUT2D eigenvalue weighted by molar-refractivity contribution is 6.15. The van der Waals surface area contributed by atoms with Gasteiger partial charge in [-0.25, -0.2) is 34.9 Å². The molecule has 143 heavy (non-hydrogen) atoms. The fraction of sp³-hybridized carbons (Fsp3) is 0. The topological polar surface area (TPSA) is 115 Å². The van der Waals surface area contributed by atoms with Crippen LogP contribution in [0.4, 0.5) is 0 Å². The quantitative estimate of drug-likeness (QED) is 0.100. The van der Waals surface area contributed by atoms with Gasteiger partial charge in [-0.2, -0.15) is 0 Å². The summed E-state index contributed by atoms with van der Waals surface area (Å²) < 4.78 is 11.4. The average Bonchev–Trinajstić information content (AvgIpc) is 1.58. The van der Waals surface area contributed by atoms with Gasteiger partial charge in [-0.15, -0.1) is 0 Å². The van der Waals surface area contributed by atoms with Crippen LogP contribution in [0, 0.1) is 0 Å². The number of hydrogen-bond donors (Lipinski definition) is 0. The monoisotopic (exact) mass is 1830 g/mol. The number of hydrogen-bond acceptors (Lipinski definition) is 7. The van der Waals surface area contributed by atoms with Crippen LogP contribution in [-0.4, -0.2) is 57.7 Å². The Balaban J connectivity index is 0.000000112. The Morgan fingerprint density at radius 2 is 0.385 bits per heavy atom. The average molecular weight is 1830 g/mol. The lowest BCUT2D eigenvalue weighted by Gasteiger charge is -2.12. The minimum absolute atomic E-state index is 0.630. The Bertz CT molecular complexity index is 9540. The van der Waals surface area contributed by atoms with Crippen molar-refractivity contribution in [1.29, 1.82) is 0 Å². The summed E-state index contributed by atoms with van der Waals surface area (Å²) in [5.74, 6) is 3.24. The number of rotatable bonds is 15. The molecule has 12 nitrogen and oxygen atoms in total. The van der Waals surface area contributed by atoms with Crippen LogP contribution in [0.5, 0.6) is 0 Å². The molecule has 670 valence electrons. The first-order valence-electron chi connectivity index (χ1n) is 48.2. The van der Waals surface area contributed by atoms with Crippen LogP contribution in [0.2, 0.25) is 0 Å². The van der Waals surface area contributed by atoms with Crippen LogP contribution in [0.25, 0.3) is 250 Å². The molecule has 8 heterocycles. The van der Waals surface area contributed by atoms with Crippen molar-refractivity contribution in [1.82, 2.24) is 57.7 Å². The van der Waals surface area contributed by atoms with Crippen LogP contribution in [0.1, 0.15) is 0 Å². The second-order valence-electron chi connectivity index (χ2n) is 35.9. The van der Waals surface area contributed by atoms with E-state index in [1.807, 2.05) is 97.3 Å². The largest absolute Gasteiger partial charge is 0.309 e. The minimum atomic E-state index is 0.630. The van der Waals surface area contributed by atoms with Gasteiger partial charge in [0.1, 0.15) is 0 Å². The van der Waals surface area contributed by atoms with Gasteiger partial charge in [0, 0.05) is 111 Å². The van der Waals surface area contributed by atoms with Crippen LogP contribution in [0.3, 0.4) is 0 Å². The zero-order valence-electron chi connectivity index (χ0n) is 77.5. The van der Waals surface area contributed by atoms with Gasteiger partial charge in [0.2, 0.25) is 11.9 Å². The number of fused-ring (bicyclic) bond motifs is 15. The molecule has 0 atom stereocenters. The van der Waals surface area contributed by atoms with Crippen LogP contribution in [-0.2, 0) is 0 Å². The molecule has 28 rings (SSSR count). The van der Waals surface area contributed by atoms with Crippen molar-refractivity contribution in [3.8, 4) is 141 Å². The molecule has 12 heteroatoms. The maximum absolute atomic E-state index is 5.18. The molecule has 28 aromatic rings. The summed E-state index contributed by atoms with van der Waals surface area (Å²) in [6, 6.07) is 179. The third-order valence-corrected chi connectivity index (χ3v) is 27.5. The molecule has 0 aliphatic heterocycles. The third-order valence-electron chi connectivity index (χ3n) is 27.5. The lowest BCUT2D eigenvalue weighted by molar-refractivity contribution is 0.991. The zero-order valence-corrected chi connectivity index (χ0v) is 77.5. The van der Waals surface area contributed by atoms with Crippen molar-refractivity contribution in [2.45, 2.75) is 0 Å². The molecule has 0 saturated carbocycles. The fourth-order valence-electron chi connectivity index (χ4n) is 20.7. The predicted octanol–water partition coefficient (Wildman–Crippen LogP) is 33.0. The van der Waals surface area contributed by atoms with Crippen LogP contribution in [0.15, 0.2) is 522 Å². The van der Waals surface area contributed by atoms with Gasteiger partial charge < -0.3 is 13.7 Å². The van der Waals surface area contributed by atoms with Crippen molar-refractivity contribution >= 4 is 109 Å².